The maximum absolute atomic E-state index is 12.8. The number of hydrogen-bond donors (Lipinski definition) is 2. The fourth-order valence-electron chi connectivity index (χ4n) is 3.72. The van der Waals surface area contributed by atoms with Gasteiger partial charge in [-0.15, -0.1) is 0 Å². The van der Waals surface area contributed by atoms with E-state index in [4.69, 9.17) is 0 Å². The van der Waals surface area contributed by atoms with Crippen LogP contribution in [-0.2, 0) is 11.8 Å². The topological polar surface area (TPSA) is 92.2 Å². The van der Waals surface area contributed by atoms with Crippen molar-refractivity contribution < 1.29 is 9.59 Å². The van der Waals surface area contributed by atoms with E-state index in [0.717, 1.165) is 35.3 Å². The van der Waals surface area contributed by atoms with Gasteiger partial charge in [0, 0.05) is 31.2 Å². The molecule has 2 aromatic heterocycles. The third-order valence-electron chi connectivity index (χ3n) is 5.23. The number of likely N-dealkylation sites (tertiary alicyclic amines) is 1. The highest BCUT2D eigenvalue weighted by atomic mass is 16.2. The smallest absolute Gasteiger partial charge is 0.321 e. The van der Waals surface area contributed by atoms with E-state index in [9.17, 15) is 9.59 Å². The molecule has 4 rings (SSSR count). The van der Waals surface area contributed by atoms with Gasteiger partial charge in [-0.2, -0.15) is 5.10 Å². The number of aromatic nitrogens is 3. The molecule has 1 aliphatic rings. The first-order valence-electron chi connectivity index (χ1n) is 9.72. The number of nitrogens with zero attached hydrogens (tertiary/aromatic N) is 4. The Labute approximate surface area is 168 Å². The SMILES string of the molecule is Cc1nn(C)c2ncc(NC(=O)N3CCC[C@H](C(=O)Nc4ccccc4)C3)cc12. The van der Waals surface area contributed by atoms with Gasteiger partial charge >= 0.3 is 6.03 Å². The van der Waals surface area contributed by atoms with Crippen molar-refractivity contribution in [2.75, 3.05) is 23.7 Å². The number of pyridine rings is 1. The first-order chi connectivity index (χ1) is 14.0. The van der Waals surface area contributed by atoms with Gasteiger partial charge in [-0.25, -0.2) is 9.78 Å². The monoisotopic (exact) mass is 392 g/mol. The van der Waals surface area contributed by atoms with Crippen molar-refractivity contribution in [3.05, 3.63) is 48.3 Å². The number of rotatable bonds is 3. The third-order valence-corrected chi connectivity index (χ3v) is 5.23. The summed E-state index contributed by atoms with van der Waals surface area (Å²) < 4.78 is 1.72. The summed E-state index contributed by atoms with van der Waals surface area (Å²) in [5.74, 6) is -0.279. The van der Waals surface area contributed by atoms with Crippen molar-refractivity contribution in [2.24, 2.45) is 13.0 Å². The summed E-state index contributed by atoms with van der Waals surface area (Å²) in [5, 5.41) is 11.1. The molecule has 8 heteroatoms. The highest BCUT2D eigenvalue weighted by Crippen LogP contribution is 2.22. The number of para-hydroxylation sites is 1. The molecule has 3 amide bonds. The maximum Gasteiger partial charge on any atom is 0.321 e. The van der Waals surface area contributed by atoms with Gasteiger partial charge in [0.25, 0.3) is 0 Å². The number of urea groups is 1. The van der Waals surface area contributed by atoms with Gasteiger partial charge in [-0.3, -0.25) is 9.48 Å². The molecule has 1 aliphatic heterocycles. The number of fused-ring (bicyclic) bond motifs is 1. The number of hydrogen-bond acceptors (Lipinski definition) is 4. The Hall–Kier alpha value is -3.42. The Balaban J connectivity index is 1.41. The zero-order valence-electron chi connectivity index (χ0n) is 16.6. The van der Waals surface area contributed by atoms with Crippen molar-refractivity contribution in [3.8, 4) is 0 Å². The van der Waals surface area contributed by atoms with Gasteiger partial charge in [0.15, 0.2) is 5.65 Å². The maximum atomic E-state index is 12.8. The second-order valence-electron chi connectivity index (χ2n) is 7.37. The number of carbonyl (C=O) groups is 2. The van der Waals surface area contributed by atoms with Gasteiger partial charge in [-0.1, -0.05) is 18.2 Å². The molecule has 1 aromatic carbocycles. The number of amides is 3. The summed E-state index contributed by atoms with van der Waals surface area (Å²) in [4.78, 5) is 31.4. The first kappa shape index (κ1) is 18.9. The summed E-state index contributed by atoms with van der Waals surface area (Å²) in [5.41, 5.74) is 3.03. The van der Waals surface area contributed by atoms with E-state index in [2.05, 4.69) is 20.7 Å². The lowest BCUT2D eigenvalue weighted by molar-refractivity contribution is -0.121. The number of anilines is 2. The molecular weight excluding hydrogens is 368 g/mol. The molecule has 29 heavy (non-hydrogen) atoms. The minimum atomic E-state index is -0.226. The summed E-state index contributed by atoms with van der Waals surface area (Å²) in [7, 11) is 1.84. The summed E-state index contributed by atoms with van der Waals surface area (Å²) in [6.45, 7) is 2.94. The van der Waals surface area contributed by atoms with Crippen LogP contribution in [-0.4, -0.2) is 44.7 Å². The molecule has 3 aromatic rings. The highest BCUT2D eigenvalue weighted by molar-refractivity contribution is 5.95. The lowest BCUT2D eigenvalue weighted by Gasteiger charge is -2.32. The number of carbonyl (C=O) groups excluding carboxylic acids is 2. The predicted molar refractivity (Wildman–Crippen MR) is 112 cm³/mol. The number of nitrogens with one attached hydrogen (secondary N) is 2. The van der Waals surface area contributed by atoms with Crippen molar-refractivity contribution in [1.82, 2.24) is 19.7 Å². The van der Waals surface area contributed by atoms with E-state index in [1.165, 1.54) is 0 Å². The van der Waals surface area contributed by atoms with Crippen LogP contribution in [0.1, 0.15) is 18.5 Å². The minimum Gasteiger partial charge on any atom is -0.326 e. The van der Waals surface area contributed by atoms with Crippen LogP contribution in [0.5, 0.6) is 0 Å². The van der Waals surface area contributed by atoms with Gasteiger partial charge in [-0.05, 0) is 38.0 Å². The van der Waals surface area contributed by atoms with E-state index in [1.807, 2.05) is 50.4 Å². The quantitative estimate of drug-likeness (QED) is 0.716. The molecular formula is C21H24N6O2. The van der Waals surface area contributed by atoms with E-state index < -0.39 is 0 Å². The second-order valence-corrected chi connectivity index (χ2v) is 7.37. The van der Waals surface area contributed by atoms with E-state index in [1.54, 1.807) is 15.8 Å². The molecule has 2 N–H and O–H groups in total. The van der Waals surface area contributed by atoms with Crippen molar-refractivity contribution in [3.63, 3.8) is 0 Å². The molecule has 0 unspecified atom stereocenters. The standard InChI is InChI=1S/C21H24N6O2/c1-14-18-11-17(12-22-19(18)26(2)25-14)24-21(29)27-10-6-7-15(13-27)20(28)23-16-8-4-3-5-9-16/h3-5,8-9,11-12,15H,6-7,10,13H2,1-2H3,(H,23,28)(H,24,29)/t15-/m0/s1. The van der Waals surface area contributed by atoms with Crippen LogP contribution in [0.2, 0.25) is 0 Å². The van der Waals surface area contributed by atoms with Gasteiger partial charge in [0.1, 0.15) is 0 Å². The molecule has 8 nitrogen and oxygen atoms in total. The number of piperidine rings is 1. The molecule has 1 atom stereocenters. The van der Waals surface area contributed by atoms with E-state index in [0.29, 0.717) is 18.8 Å². The fraction of sp³-hybridized carbons (Fsp3) is 0.333. The predicted octanol–water partition coefficient (Wildman–Crippen LogP) is 3.16. The Morgan fingerprint density at radius 2 is 1.93 bits per heavy atom. The molecule has 3 heterocycles. The second kappa shape index (κ2) is 7.90. The van der Waals surface area contributed by atoms with Crippen molar-refractivity contribution in [1.29, 1.82) is 0 Å². The Bertz CT molecular complexity index is 1050. The van der Waals surface area contributed by atoms with Gasteiger partial charge in [0.05, 0.1) is 23.5 Å². The molecule has 1 saturated heterocycles. The van der Waals surface area contributed by atoms with Crippen LogP contribution in [0.25, 0.3) is 11.0 Å². The van der Waals surface area contributed by atoms with Crippen LogP contribution in [0.4, 0.5) is 16.2 Å². The Morgan fingerprint density at radius 1 is 1.14 bits per heavy atom. The Morgan fingerprint density at radius 3 is 2.72 bits per heavy atom. The summed E-state index contributed by atoms with van der Waals surface area (Å²) >= 11 is 0. The average Bonchev–Trinajstić information content (AvgIpc) is 3.02. The van der Waals surface area contributed by atoms with Crippen LogP contribution < -0.4 is 10.6 Å². The zero-order chi connectivity index (χ0) is 20.4. The lowest BCUT2D eigenvalue weighted by Crippen LogP contribution is -2.45. The van der Waals surface area contributed by atoms with E-state index >= 15 is 0 Å². The largest absolute Gasteiger partial charge is 0.326 e. The molecule has 150 valence electrons. The number of benzene rings is 1. The van der Waals surface area contributed by atoms with Crippen molar-refractivity contribution >= 4 is 34.3 Å². The highest BCUT2D eigenvalue weighted by Gasteiger charge is 2.28. The zero-order valence-corrected chi connectivity index (χ0v) is 16.6. The summed E-state index contributed by atoms with van der Waals surface area (Å²) in [6.07, 6.45) is 3.19. The normalized spacial score (nSPS) is 16.6. The average molecular weight is 392 g/mol. The van der Waals surface area contributed by atoms with Crippen LogP contribution in [0.15, 0.2) is 42.6 Å². The van der Waals surface area contributed by atoms with Gasteiger partial charge < -0.3 is 15.5 Å². The molecule has 0 aliphatic carbocycles. The lowest BCUT2D eigenvalue weighted by atomic mass is 9.97. The molecule has 0 saturated carbocycles. The fourth-order valence-corrected chi connectivity index (χ4v) is 3.72. The molecule has 0 spiro atoms. The third kappa shape index (κ3) is 4.06. The van der Waals surface area contributed by atoms with Gasteiger partial charge in [0.2, 0.25) is 5.91 Å². The van der Waals surface area contributed by atoms with E-state index in [-0.39, 0.29) is 17.9 Å². The molecule has 0 bridgehead atoms. The minimum absolute atomic E-state index is 0.0530. The number of aryl methyl sites for hydroxylation is 2. The van der Waals surface area contributed by atoms with Crippen molar-refractivity contribution in [2.45, 2.75) is 19.8 Å². The molecule has 0 radical (unpaired) electrons. The molecule has 1 fully saturated rings. The first-order valence-corrected chi connectivity index (χ1v) is 9.72. The van der Waals surface area contributed by atoms with Crippen LogP contribution >= 0.6 is 0 Å². The van der Waals surface area contributed by atoms with Crippen LogP contribution in [0, 0.1) is 12.8 Å². The summed E-state index contributed by atoms with van der Waals surface area (Å²) in [6, 6.07) is 11.0. The van der Waals surface area contributed by atoms with Crippen LogP contribution in [0.3, 0.4) is 0 Å². The Kier molecular flexibility index (Phi) is 5.16.